The van der Waals surface area contributed by atoms with Crippen LogP contribution < -0.4 is 15.5 Å². The van der Waals surface area contributed by atoms with Crippen LogP contribution in [-0.4, -0.2) is 17.7 Å². The smallest absolute Gasteiger partial charge is 0.283 e. The molecule has 2 N–H and O–H groups in total. The van der Waals surface area contributed by atoms with Crippen LogP contribution in [0.25, 0.3) is 0 Å². The maximum atomic E-state index is 13.1. The van der Waals surface area contributed by atoms with Crippen molar-refractivity contribution in [3.05, 3.63) is 99.7 Å². The summed E-state index contributed by atoms with van der Waals surface area (Å²) in [5.74, 6) is -1.11. The second-order valence-electron chi connectivity index (χ2n) is 8.86. The highest BCUT2D eigenvalue weighted by Gasteiger charge is 2.39. The molecule has 3 aromatic rings. The number of benzene rings is 3. The molecular weight excluding hydrogens is 462 g/mol. The fraction of sp³-hybridized carbons (Fsp3) is 0.179. The first-order valence-electron chi connectivity index (χ1n) is 11.3. The summed E-state index contributed by atoms with van der Waals surface area (Å²) in [6.07, 6.45) is 0. The minimum atomic E-state index is -0.597. The van der Waals surface area contributed by atoms with Crippen LogP contribution in [0.4, 0.5) is 17.1 Å². The van der Waals surface area contributed by atoms with E-state index in [4.69, 9.17) is 11.6 Å². The summed E-state index contributed by atoms with van der Waals surface area (Å²) in [5.41, 5.74) is 5.16. The van der Waals surface area contributed by atoms with E-state index in [0.717, 1.165) is 27.3 Å². The monoisotopic (exact) mass is 487 g/mol. The van der Waals surface area contributed by atoms with Gasteiger partial charge in [-0.05, 0) is 67.3 Å². The van der Waals surface area contributed by atoms with E-state index in [2.05, 4.69) is 24.5 Å². The van der Waals surface area contributed by atoms with E-state index in [-0.39, 0.29) is 16.6 Å². The van der Waals surface area contributed by atoms with E-state index in [0.29, 0.717) is 22.9 Å². The van der Waals surface area contributed by atoms with Crippen LogP contribution in [0.15, 0.2) is 77.5 Å². The molecule has 0 atom stereocenters. The third-order valence-electron chi connectivity index (χ3n) is 5.87. The lowest BCUT2D eigenvalue weighted by Gasteiger charge is -2.16. The van der Waals surface area contributed by atoms with Crippen molar-refractivity contribution in [1.29, 1.82) is 0 Å². The number of rotatable bonds is 6. The fourth-order valence-electron chi connectivity index (χ4n) is 3.89. The van der Waals surface area contributed by atoms with E-state index in [9.17, 15) is 14.4 Å². The van der Waals surface area contributed by atoms with Gasteiger partial charge < -0.3 is 10.6 Å². The molecule has 4 rings (SSSR count). The summed E-state index contributed by atoms with van der Waals surface area (Å²) < 4.78 is 0. The topological polar surface area (TPSA) is 78.5 Å². The van der Waals surface area contributed by atoms with Crippen LogP contribution in [0.3, 0.4) is 0 Å². The molecule has 3 amide bonds. The van der Waals surface area contributed by atoms with E-state index in [1.165, 1.54) is 0 Å². The van der Waals surface area contributed by atoms with Crippen molar-refractivity contribution in [2.75, 3.05) is 15.5 Å². The number of carbonyl (C=O) groups is 3. The molecular formula is C28H26ClN3O3. The lowest BCUT2D eigenvalue weighted by molar-refractivity contribution is -0.120. The lowest BCUT2D eigenvalue weighted by atomic mass is 10.0. The molecule has 1 heterocycles. The minimum absolute atomic E-state index is 0.0310. The van der Waals surface area contributed by atoms with Gasteiger partial charge in [0.2, 0.25) is 0 Å². The number of aryl methyl sites for hydroxylation is 2. The number of carbonyl (C=O) groups excluding carboxylic acids is 3. The average Bonchev–Trinajstić information content (AvgIpc) is 3.04. The van der Waals surface area contributed by atoms with Gasteiger partial charge in [-0.1, -0.05) is 61.3 Å². The predicted octanol–water partition coefficient (Wildman–Crippen LogP) is 6.11. The Hall–Kier alpha value is -3.90. The van der Waals surface area contributed by atoms with Gasteiger partial charge in [-0.15, -0.1) is 0 Å². The molecule has 6 nitrogen and oxygen atoms in total. The first kappa shape index (κ1) is 24.2. The Morgan fingerprint density at radius 2 is 1.63 bits per heavy atom. The molecule has 1 aliphatic heterocycles. The van der Waals surface area contributed by atoms with Crippen molar-refractivity contribution in [2.45, 2.75) is 33.6 Å². The van der Waals surface area contributed by atoms with Gasteiger partial charge >= 0.3 is 0 Å². The van der Waals surface area contributed by atoms with Gasteiger partial charge in [0, 0.05) is 16.9 Å². The fourth-order valence-corrected chi connectivity index (χ4v) is 4.10. The zero-order chi connectivity index (χ0) is 25.3. The molecule has 0 aliphatic carbocycles. The molecule has 7 heteroatoms. The molecule has 0 saturated carbocycles. The number of nitrogens with zero attached hydrogens (tertiary/aromatic N) is 1. The lowest BCUT2D eigenvalue weighted by Crippen LogP contribution is -2.32. The quantitative estimate of drug-likeness (QED) is 0.411. The first-order valence-corrected chi connectivity index (χ1v) is 11.7. The summed E-state index contributed by atoms with van der Waals surface area (Å²) in [4.78, 5) is 39.8. The summed E-state index contributed by atoms with van der Waals surface area (Å²) in [6.45, 7) is 8.06. The second-order valence-corrected chi connectivity index (χ2v) is 9.24. The van der Waals surface area contributed by atoms with Crippen molar-refractivity contribution in [3.8, 4) is 0 Å². The van der Waals surface area contributed by atoms with Crippen LogP contribution in [0.2, 0.25) is 0 Å². The number of nitrogens with one attached hydrogen (secondary N) is 2. The normalized spacial score (nSPS) is 13.6. The maximum absolute atomic E-state index is 13.1. The van der Waals surface area contributed by atoms with E-state index >= 15 is 0 Å². The molecule has 178 valence electrons. The Labute approximate surface area is 209 Å². The SMILES string of the molecule is Cc1ccc(NC(=O)c2cccc(NC3=C(Cl)C(=O)N(c4ccc(C(C)C)cc4)C3=O)c2)c(C)c1. The highest BCUT2D eigenvalue weighted by atomic mass is 35.5. The summed E-state index contributed by atoms with van der Waals surface area (Å²) in [5, 5.41) is 5.64. The highest BCUT2D eigenvalue weighted by Crippen LogP contribution is 2.31. The van der Waals surface area contributed by atoms with Crippen LogP contribution in [0.5, 0.6) is 0 Å². The van der Waals surface area contributed by atoms with E-state index in [1.807, 2.05) is 44.2 Å². The molecule has 35 heavy (non-hydrogen) atoms. The zero-order valence-corrected chi connectivity index (χ0v) is 20.7. The Morgan fingerprint density at radius 3 is 2.29 bits per heavy atom. The maximum Gasteiger partial charge on any atom is 0.283 e. The third-order valence-corrected chi connectivity index (χ3v) is 6.22. The van der Waals surface area contributed by atoms with Gasteiger partial charge in [-0.3, -0.25) is 14.4 Å². The second kappa shape index (κ2) is 9.76. The van der Waals surface area contributed by atoms with E-state index < -0.39 is 11.8 Å². The molecule has 0 fully saturated rings. The standard InChI is InChI=1S/C28H26ClN3O3/c1-16(2)19-9-11-22(12-10-19)32-27(34)24(29)25(28(32)35)30-21-7-5-6-20(15-21)26(33)31-23-13-8-17(3)14-18(23)4/h5-16,30H,1-4H3,(H,31,33). The Kier molecular flexibility index (Phi) is 6.76. The van der Waals surface area contributed by atoms with Crippen molar-refractivity contribution in [3.63, 3.8) is 0 Å². The number of halogens is 1. The van der Waals surface area contributed by atoms with Crippen LogP contribution >= 0.6 is 11.6 Å². The number of anilines is 3. The van der Waals surface area contributed by atoms with E-state index in [1.54, 1.807) is 36.4 Å². The highest BCUT2D eigenvalue weighted by molar-refractivity contribution is 6.53. The summed E-state index contributed by atoms with van der Waals surface area (Å²) >= 11 is 6.27. The Morgan fingerprint density at radius 1 is 0.914 bits per heavy atom. The van der Waals surface area contributed by atoms with Crippen LogP contribution in [0, 0.1) is 13.8 Å². The first-order chi connectivity index (χ1) is 16.7. The van der Waals surface area contributed by atoms with Crippen molar-refractivity contribution in [2.24, 2.45) is 0 Å². The molecule has 3 aromatic carbocycles. The van der Waals surface area contributed by atoms with Crippen molar-refractivity contribution < 1.29 is 14.4 Å². The molecule has 1 aliphatic rings. The van der Waals surface area contributed by atoms with Gasteiger partial charge in [-0.2, -0.15) is 0 Å². The molecule has 0 radical (unpaired) electrons. The Bertz CT molecular complexity index is 1360. The van der Waals surface area contributed by atoms with Crippen LogP contribution in [0.1, 0.15) is 46.8 Å². The van der Waals surface area contributed by atoms with Crippen molar-refractivity contribution in [1.82, 2.24) is 0 Å². The zero-order valence-electron chi connectivity index (χ0n) is 20.0. The predicted molar refractivity (Wildman–Crippen MR) is 140 cm³/mol. The molecule has 0 bridgehead atoms. The molecule has 0 spiro atoms. The molecule has 0 unspecified atom stereocenters. The number of imide groups is 1. The molecule has 0 aromatic heterocycles. The van der Waals surface area contributed by atoms with Gasteiger partial charge in [0.25, 0.3) is 17.7 Å². The van der Waals surface area contributed by atoms with Gasteiger partial charge in [0.15, 0.2) is 0 Å². The third kappa shape index (κ3) is 4.98. The largest absolute Gasteiger partial charge is 0.350 e. The Balaban J connectivity index is 1.53. The number of hydrogen-bond acceptors (Lipinski definition) is 4. The molecule has 0 saturated heterocycles. The van der Waals surface area contributed by atoms with Gasteiger partial charge in [0.05, 0.1) is 5.69 Å². The van der Waals surface area contributed by atoms with Gasteiger partial charge in [0.1, 0.15) is 10.7 Å². The van der Waals surface area contributed by atoms with Gasteiger partial charge in [-0.25, -0.2) is 4.90 Å². The summed E-state index contributed by atoms with van der Waals surface area (Å²) in [6, 6.07) is 19.7. The number of amides is 3. The number of hydrogen-bond donors (Lipinski definition) is 2. The average molecular weight is 488 g/mol. The van der Waals surface area contributed by atoms with Crippen LogP contribution in [-0.2, 0) is 9.59 Å². The van der Waals surface area contributed by atoms with Crippen molar-refractivity contribution >= 4 is 46.4 Å². The summed E-state index contributed by atoms with van der Waals surface area (Å²) in [7, 11) is 0. The minimum Gasteiger partial charge on any atom is -0.350 e.